The van der Waals surface area contributed by atoms with E-state index in [1.807, 2.05) is 12.1 Å². The minimum absolute atomic E-state index is 0.101. The lowest BCUT2D eigenvalue weighted by Gasteiger charge is -2.32. The van der Waals surface area contributed by atoms with Crippen molar-refractivity contribution in [2.24, 2.45) is 0 Å². The number of benzene rings is 2. The molecule has 2 atom stereocenters. The third-order valence-corrected chi connectivity index (χ3v) is 5.10. The molecule has 1 aliphatic heterocycles. The predicted molar refractivity (Wildman–Crippen MR) is 96.7 cm³/mol. The number of para-hydroxylation sites is 1. The SMILES string of the molecule is CCCCC1Cc2c([nH]c3ccccc23)C(c2ccc(F)cc2)N1. The molecule has 4 rings (SSSR count). The molecule has 2 heterocycles. The summed E-state index contributed by atoms with van der Waals surface area (Å²) < 4.78 is 13.3. The first-order valence-corrected chi connectivity index (χ1v) is 8.87. The Bertz CT molecular complexity index is 835. The molecule has 3 aromatic rings. The average Bonchev–Trinajstić information content (AvgIpc) is 2.99. The Morgan fingerprint density at radius 2 is 1.88 bits per heavy atom. The molecule has 0 aliphatic carbocycles. The number of H-pyrrole nitrogens is 1. The highest BCUT2D eigenvalue weighted by Crippen LogP contribution is 2.36. The molecule has 2 N–H and O–H groups in total. The van der Waals surface area contributed by atoms with E-state index in [0.29, 0.717) is 6.04 Å². The van der Waals surface area contributed by atoms with E-state index in [4.69, 9.17) is 0 Å². The molecule has 2 aromatic carbocycles. The monoisotopic (exact) mass is 322 g/mol. The highest BCUT2D eigenvalue weighted by Gasteiger charge is 2.30. The Morgan fingerprint density at radius 3 is 2.67 bits per heavy atom. The van der Waals surface area contributed by atoms with E-state index in [0.717, 1.165) is 12.0 Å². The third kappa shape index (κ3) is 2.73. The molecule has 124 valence electrons. The van der Waals surface area contributed by atoms with E-state index in [1.165, 1.54) is 41.4 Å². The lowest BCUT2D eigenvalue weighted by atomic mass is 9.88. The fourth-order valence-corrected chi connectivity index (χ4v) is 3.87. The molecule has 0 saturated carbocycles. The fraction of sp³-hybridized carbons (Fsp3) is 0.333. The number of nitrogens with one attached hydrogen (secondary N) is 2. The Hall–Kier alpha value is -2.13. The van der Waals surface area contributed by atoms with E-state index in [2.05, 4.69) is 41.5 Å². The highest BCUT2D eigenvalue weighted by atomic mass is 19.1. The van der Waals surface area contributed by atoms with E-state index < -0.39 is 0 Å². The van der Waals surface area contributed by atoms with E-state index in [1.54, 1.807) is 12.1 Å². The number of aromatic nitrogens is 1. The smallest absolute Gasteiger partial charge is 0.123 e. The molecule has 2 unspecified atom stereocenters. The van der Waals surface area contributed by atoms with Gasteiger partial charge in [-0.3, -0.25) is 0 Å². The van der Waals surface area contributed by atoms with Crippen LogP contribution in [0.1, 0.15) is 49.0 Å². The largest absolute Gasteiger partial charge is 0.357 e. The molecule has 0 bridgehead atoms. The van der Waals surface area contributed by atoms with Crippen LogP contribution in [-0.2, 0) is 6.42 Å². The normalized spacial score (nSPS) is 20.2. The van der Waals surface area contributed by atoms with Crippen LogP contribution in [0, 0.1) is 5.82 Å². The van der Waals surface area contributed by atoms with Crippen molar-refractivity contribution in [2.45, 2.75) is 44.7 Å². The van der Waals surface area contributed by atoms with Crippen LogP contribution >= 0.6 is 0 Å². The van der Waals surface area contributed by atoms with Gasteiger partial charge < -0.3 is 10.3 Å². The standard InChI is InChI=1S/C21H23FN2/c1-2-3-6-16-13-18-17-7-4-5-8-19(17)24-21(18)20(23-16)14-9-11-15(22)12-10-14/h4-5,7-12,16,20,23-24H,2-3,6,13H2,1H3. The van der Waals surface area contributed by atoms with Gasteiger partial charge in [0.25, 0.3) is 0 Å². The van der Waals surface area contributed by atoms with Crippen LogP contribution in [0.4, 0.5) is 4.39 Å². The minimum Gasteiger partial charge on any atom is -0.357 e. The van der Waals surface area contributed by atoms with Crippen LogP contribution in [0.25, 0.3) is 10.9 Å². The zero-order valence-electron chi connectivity index (χ0n) is 14.0. The second kappa shape index (κ2) is 6.40. The van der Waals surface area contributed by atoms with Gasteiger partial charge in [-0.15, -0.1) is 0 Å². The van der Waals surface area contributed by atoms with Crippen LogP contribution in [-0.4, -0.2) is 11.0 Å². The van der Waals surface area contributed by atoms with Crippen molar-refractivity contribution in [3.05, 3.63) is 71.2 Å². The first-order chi connectivity index (χ1) is 11.8. The second-order valence-electron chi connectivity index (χ2n) is 6.76. The van der Waals surface area contributed by atoms with E-state index >= 15 is 0 Å². The molecule has 24 heavy (non-hydrogen) atoms. The van der Waals surface area contributed by atoms with Gasteiger partial charge in [-0.05, 0) is 42.2 Å². The van der Waals surface area contributed by atoms with Crippen molar-refractivity contribution in [1.82, 2.24) is 10.3 Å². The number of aromatic amines is 1. The topological polar surface area (TPSA) is 27.8 Å². The Morgan fingerprint density at radius 1 is 1.08 bits per heavy atom. The summed E-state index contributed by atoms with van der Waals surface area (Å²) in [6.07, 6.45) is 4.66. The van der Waals surface area contributed by atoms with E-state index in [-0.39, 0.29) is 11.9 Å². The van der Waals surface area contributed by atoms with Crippen LogP contribution in [0.15, 0.2) is 48.5 Å². The molecule has 2 nitrogen and oxygen atoms in total. The van der Waals surface area contributed by atoms with E-state index in [9.17, 15) is 4.39 Å². The lowest BCUT2D eigenvalue weighted by molar-refractivity contribution is 0.403. The number of fused-ring (bicyclic) bond motifs is 3. The van der Waals surface area contributed by atoms with Gasteiger partial charge in [-0.1, -0.05) is 50.1 Å². The molecule has 1 aliphatic rings. The van der Waals surface area contributed by atoms with Crippen LogP contribution in [0.5, 0.6) is 0 Å². The van der Waals surface area contributed by atoms with Gasteiger partial charge in [-0.25, -0.2) is 4.39 Å². The second-order valence-corrected chi connectivity index (χ2v) is 6.76. The number of hydrogen-bond donors (Lipinski definition) is 2. The van der Waals surface area contributed by atoms with Gasteiger partial charge in [0.1, 0.15) is 5.82 Å². The van der Waals surface area contributed by atoms with Gasteiger partial charge in [0, 0.05) is 22.6 Å². The summed E-state index contributed by atoms with van der Waals surface area (Å²) in [5.41, 5.74) is 4.95. The molecule has 3 heteroatoms. The Kier molecular flexibility index (Phi) is 4.11. The Balaban J connectivity index is 1.79. The number of halogens is 1. The maximum Gasteiger partial charge on any atom is 0.123 e. The highest BCUT2D eigenvalue weighted by molar-refractivity contribution is 5.85. The fourth-order valence-electron chi connectivity index (χ4n) is 3.87. The summed E-state index contributed by atoms with van der Waals surface area (Å²) in [6.45, 7) is 2.23. The quantitative estimate of drug-likeness (QED) is 0.687. The zero-order chi connectivity index (χ0) is 16.5. The molecule has 0 radical (unpaired) electrons. The van der Waals surface area contributed by atoms with Crippen molar-refractivity contribution in [1.29, 1.82) is 0 Å². The first kappa shape index (κ1) is 15.4. The predicted octanol–water partition coefficient (Wildman–Crippen LogP) is 5.10. The molecular weight excluding hydrogens is 299 g/mol. The summed E-state index contributed by atoms with van der Waals surface area (Å²) >= 11 is 0. The molecule has 1 aromatic heterocycles. The summed E-state index contributed by atoms with van der Waals surface area (Å²) in [6, 6.07) is 16.0. The first-order valence-electron chi connectivity index (χ1n) is 8.87. The summed E-state index contributed by atoms with van der Waals surface area (Å²) in [4.78, 5) is 3.60. The minimum atomic E-state index is -0.186. The molecule has 0 fully saturated rings. The van der Waals surface area contributed by atoms with Crippen LogP contribution in [0.3, 0.4) is 0 Å². The van der Waals surface area contributed by atoms with Gasteiger partial charge >= 0.3 is 0 Å². The van der Waals surface area contributed by atoms with Crippen molar-refractivity contribution in [3.63, 3.8) is 0 Å². The van der Waals surface area contributed by atoms with Crippen molar-refractivity contribution < 1.29 is 4.39 Å². The summed E-state index contributed by atoms with van der Waals surface area (Å²) in [7, 11) is 0. The van der Waals surface area contributed by atoms with Crippen LogP contribution < -0.4 is 5.32 Å². The van der Waals surface area contributed by atoms with Crippen molar-refractivity contribution in [2.75, 3.05) is 0 Å². The summed E-state index contributed by atoms with van der Waals surface area (Å²) in [5.74, 6) is -0.186. The van der Waals surface area contributed by atoms with Gasteiger partial charge in [0.15, 0.2) is 0 Å². The third-order valence-electron chi connectivity index (χ3n) is 5.10. The molecule has 0 amide bonds. The Labute approximate surface area is 142 Å². The number of rotatable bonds is 4. The molecule has 0 saturated heterocycles. The van der Waals surface area contributed by atoms with Gasteiger partial charge in [0.05, 0.1) is 6.04 Å². The zero-order valence-corrected chi connectivity index (χ0v) is 14.0. The number of unbranched alkanes of at least 4 members (excludes halogenated alkanes) is 1. The maximum absolute atomic E-state index is 13.3. The van der Waals surface area contributed by atoms with Crippen LogP contribution in [0.2, 0.25) is 0 Å². The van der Waals surface area contributed by atoms with Crippen molar-refractivity contribution >= 4 is 10.9 Å². The van der Waals surface area contributed by atoms with Gasteiger partial charge in [-0.2, -0.15) is 0 Å². The number of hydrogen-bond acceptors (Lipinski definition) is 1. The molecular formula is C21H23FN2. The summed E-state index contributed by atoms with van der Waals surface area (Å²) in [5, 5.41) is 5.11. The molecule has 0 spiro atoms. The lowest BCUT2D eigenvalue weighted by Crippen LogP contribution is -2.39. The maximum atomic E-state index is 13.3. The average molecular weight is 322 g/mol. The van der Waals surface area contributed by atoms with Crippen molar-refractivity contribution in [3.8, 4) is 0 Å². The van der Waals surface area contributed by atoms with Gasteiger partial charge in [0.2, 0.25) is 0 Å².